The van der Waals surface area contributed by atoms with Crippen LogP contribution in [0.4, 0.5) is 11.4 Å². The van der Waals surface area contributed by atoms with Gasteiger partial charge in [-0.05, 0) is 60.7 Å². The Morgan fingerprint density at radius 2 is 1.06 bits per heavy atom. The van der Waals surface area contributed by atoms with E-state index >= 15 is 0 Å². The van der Waals surface area contributed by atoms with E-state index in [0.29, 0.717) is 0 Å². The molecule has 0 aromatic heterocycles. The van der Waals surface area contributed by atoms with Crippen LogP contribution in [0.3, 0.4) is 0 Å². The Hall–Kier alpha value is -2.62. The average Bonchev–Trinajstić information content (AvgIpc) is 2.87. The maximum atomic E-state index is 10.7. The zero-order valence-corrected chi connectivity index (χ0v) is 22.4. The van der Waals surface area contributed by atoms with E-state index in [4.69, 9.17) is 25.3 Å². The van der Waals surface area contributed by atoms with Crippen molar-refractivity contribution in [2.45, 2.75) is 4.71 Å². The summed E-state index contributed by atoms with van der Waals surface area (Å²) in [4.78, 5) is 14.8. The molecular formula is C27H21AuN3O2S2-2. The average molecular weight is 681 g/mol. The van der Waals surface area contributed by atoms with Gasteiger partial charge in [-0.15, -0.1) is 0 Å². The molecule has 1 fully saturated rings. The number of piperazine rings is 1. The molecule has 0 N–H and O–H groups in total. The summed E-state index contributed by atoms with van der Waals surface area (Å²) in [6.07, 6.45) is 0. The fourth-order valence-corrected chi connectivity index (χ4v) is 3.96. The monoisotopic (exact) mass is 680 g/mol. The molecule has 3 aromatic carbocycles. The van der Waals surface area contributed by atoms with Gasteiger partial charge in [-0.1, -0.05) is 23.7 Å². The van der Waals surface area contributed by atoms with Crippen LogP contribution in [0.2, 0.25) is 0 Å². The molecule has 0 spiro atoms. The number of nitrogens with zero attached hydrogens (tertiary/aromatic N) is 3. The third-order valence-electron chi connectivity index (χ3n) is 5.51. The molecule has 1 heterocycles. The third-order valence-corrected chi connectivity index (χ3v) is 6.11. The minimum atomic E-state index is -0.423. The first-order valence-corrected chi connectivity index (χ1v) is 11.7. The molecule has 0 unspecified atom stereocenters. The smallest absolute Gasteiger partial charge is 0.269 e. The summed E-state index contributed by atoms with van der Waals surface area (Å²) in [5.74, 6) is 12.5. The Balaban J connectivity index is 0.00000342. The first kappa shape index (κ1) is 27.0. The van der Waals surface area contributed by atoms with Crippen molar-refractivity contribution >= 4 is 36.6 Å². The van der Waals surface area contributed by atoms with Crippen LogP contribution in [0.25, 0.3) is 0 Å². The van der Waals surface area contributed by atoms with Crippen LogP contribution >= 0.6 is 0 Å². The van der Waals surface area contributed by atoms with Gasteiger partial charge in [0.15, 0.2) is 0 Å². The second kappa shape index (κ2) is 12.9. The van der Waals surface area contributed by atoms with Crippen LogP contribution in [-0.4, -0.2) is 40.7 Å². The van der Waals surface area contributed by atoms with Gasteiger partial charge in [-0.25, -0.2) is 4.71 Å². The second-order valence-electron chi connectivity index (χ2n) is 7.76. The van der Waals surface area contributed by atoms with Crippen LogP contribution in [0.5, 0.6) is 0 Å². The van der Waals surface area contributed by atoms with Crippen molar-refractivity contribution in [2.24, 2.45) is 0 Å². The fourth-order valence-electron chi connectivity index (χ4n) is 3.54. The molecule has 0 saturated carbocycles. The molecule has 0 bridgehead atoms. The zero-order valence-electron chi connectivity index (χ0n) is 18.6. The fraction of sp³-hybridized carbons (Fsp3) is 0.185. The molecule has 35 heavy (non-hydrogen) atoms. The van der Waals surface area contributed by atoms with Crippen LogP contribution in [0.1, 0.15) is 22.3 Å². The van der Waals surface area contributed by atoms with Gasteiger partial charge in [0.1, 0.15) is 0 Å². The molecule has 8 heteroatoms. The molecule has 5 nitrogen and oxygen atoms in total. The molecule has 181 valence electrons. The minimum Gasteiger partial charge on any atom is -0.800 e. The Morgan fingerprint density at radius 3 is 1.43 bits per heavy atom. The molecule has 3 aromatic rings. The SMILES string of the molecule is O=[N+]([O-])c1ccc(C#Cc2ccc(C#Cc3ccc(N4CCN(C([S-])[S-])CC4)cc3)cc2)cc1.[Au]. The van der Waals surface area contributed by atoms with Crippen LogP contribution in [0, 0.1) is 33.8 Å². The molecule has 0 atom stereocenters. The summed E-state index contributed by atoms with van der Waals surface area (Å²) < 4.78 is -0.226. The van der Waals surface area contributed by atoms with E-state index in [1.54, 1.807) is 12.1 Å². The van der Waals surface area contributed by atoms with Gasteiger partial charge in [-0.2, -0.15) is 0 Å². The summed E-state index contributed by atoms with van der Waals surface area (Å²) >= 11 is 10.3. The van der Waals surface area contributed by atoms with Gasteiger partial charge < -0.3 is 35.1 Å². The molecule has 1 aliphatic heterocycles. The maximum Gasteiger partial charge on any atom is 0.269 e. The van der Waals surface area contributed by atoms with Crippen molar-refractivity contribution < 1.29 is 27.3 Å². The quantitative estimate of drug-likeness (QED) is 0.138. The topological polar surface area (TPSA) is 49.6 Å². The number of rotatable bonds is 3. The predicted octanol–water partition coefficient (Wildman–Crippen LogP) is 3.89. The summed E-state index contributed by atoms with van der Waals surface area (Å²) in [5, 5.41) is 10.7. The number of non-ortho nitro benzene ring substituents is 1. The predicted molar refractivity (Wildman–Crippen MR) is 140 cm³/mol. The van der Waals surface area contributed by atoms with E-state index in [-0.39, 0.29) is 32.8 Å². The summed E-state index contributed by atoms with van der Waals surface area (Å²) in [6, 6.07) is 22.2. The Kier molecular flexibility index (Phi) is 9.94. The summed E-state index contributed by atoms with van der Waals surface area (Å²) in [6.45, 7) is 3.64. The van der Waals surface area contributed by atoms with Gasteiger partial charge in [-0.3, -0.25) is 10.1 Å². The maximum absolute atomic E-state index is 10.7. The molecule has 1 radical (unpaired) electrons. The van der Waals surface area contributed by atoms with Crippen molar-refractivity contribution in [1.29, 1.82) is 0 Å². The van der Waals surface area contributed by atoms with Crippen molar-refractivity contribution in [3.05, 3.63) is 105 Å². The van der Waals surface area contributed by atoms with E-state index in [1.165, 1.54) is 17.8 Å². The molecule has 0 aliphatic carbocycles. The Morgan fingerprint density at radius 1 is 0.686 bits per heavy atom. The first-order valence-electron chi connectivity index (χ1n) is 10.8. The largest absolute Gasteiger partial charge is 0.800 e. The van der Waals surface area contributed by atoms with E-state index in [1.807, 2.05) is 36.4 Å². The number of anilines is 1. The van der Waals surface area contributed by atoms with E-state index < -0.39 is 4.92 Å². The summed E-state index contributed by atoms with van der Waals surface area (Å²) in [5.41, 5.74) is 4.69. The summed E-state index contributed by atoms with van der Waals surface area (Å²) in [7, 11) is 0. The Bertz CT molecular complexity index is 1260. The van der Waals surface area contributed by atoms with Gasteiger partial charge in [0.05, 0.1) is 4.92 Å². The standard InChI is InChI=1S/C27H23N3O2S2.Au/c31-30(32)26-15-11-24(12-16-26)8-6-22-3-1-21(2-4-22)5-7-23-9-13-25(14-10-23)28-17-19-29(20-18-28)27(33)34;/h1-4,9-16,27,33-34H,17-20H2;/p-2. The van der Waals surface area contributed by atoms with Gasteiger partial charge in [0, 0.05) is 88.6 Å². The molecule has 4 rings (SSSR count). The molecule has 1 saturated heterocycles. The number of benzene rings is 3. The number of nitro benzene ring substituents is 1. The van der Waals surface area contributed by atoms with Gasteiger partial charge in [0.2, 0.25) is 0 Å². The zero-order chi connectivity index (χ0) is 23.9. The number of nitro groups is 1. The normalized spacial score (nSPS) is 13.2. The van der Waals surface area contributed by atoms with Gasteiger partial charge >= 0.3 is 0 Å². The van der Waals surface area contributed by atoms with E-state index in [9.17, 15) is 10.1 Å². The van der Waals surface area contributed by atoms with E-state index in [2.05, 4.69) is 45.6 Å². The molecule has 1 aliphatic rings. The molecule has 0 amide bonds. The van der Waals surface area contributed by atoms with Crippen LogP contribution < -0.4 is 4.90 Å². The Labute approximate surface area is 232 Å². The first-order chi connectivity index (χ1) is 16.5. The minimum absolute atomic E-state index is 0. The van der Waals surface area contributed by atoms with Crippen molar-refractivity contribution in [3.63, 3.8) is 0 Å². The van der Waals surface area contributed by atoms with Gasteiger partial charge in [0.25, 0.3) is 5.69 Å². The third kappa shape index (κ3) is 7.68. The number of hydrogen-bond acceptors (Lipinski definition) is 6. The number of hydrogen-bond donors (Lipinski definition) is 0. The van der Waals surface area contributed by atoms with Crippen LogP contribution in [-0.2, 0) is 47.6 Å². The second-order valence-corrected chi connectivity index (χ2v) is 8.95. The van der Waals surface area contributed by atoms with E-state index in [0.717, 1.165) is 48.4 Å². The van der Waals surface area contributed by atoms with Crippen LogP contribution in [0.15, 0.2) is 72.8 Å². The van der Waals surface area contributed by atoms with Crippen molar-refractivity contribution in [3.8, 4) is 23.7 Å². The van der Waals surface area contributed by atoms with Crippen molar-refractivity contribution in [1.82, 2.24) is 4.90 Å². The molecular weight excluding hydrogens is 659 g/mol. The van der Waals surface area contributed by atoms with Crippen molar-refractivity contribution in [2.75, 3.05) is 31.1 Å².